The molecule has 3 amide bonds. The minimum atomic E-state index is -0.594. The lowest BCUT2D eigenvalue weighted by molar-refractivity contribution is -0.117. The molecule has 2 atom stereocenters. The highest BCUT2D eigenvalue weighted by Crippen LogP contribution is 2.48. The highest BCUT2D eigenvalue weighted by molar-refractivity contribution is 6.04. The first-order valence-corrected chi connectivity index (χ1v) is 13.3. The molecule has 8 nitrogen and oxygen atoms in total. The minimum absolute atomic E-state index is 0.00294. The third-order valence-electron chi connectivity index (χ3n) is 6.72. The van der Waals surface area contributed by atoms with E-state index >= 15 is 0 Å². The lowest BCUT2D eigenvalue weighted by atomic mass is 10.1. The molecule has 0 radical (unpaired) electrons. The number of ether oxygens (including phenoxy) is 1. The summed E-state index contributed by atoms with van der Waals surface area (Å²) in [7, 11) is 0. The maximum atomic E-state index is 13.0. The fraction of sp³-hybridized carbons (Fsp3) is 0.250. The number of para-hydroxylation sites is 1. The summed E-state index contributed by atoms with van der Waals surface area (Å²) in [5.41, 5.74) is 3.07. The zero-order valence-corrected chi connectivity index (χ0v) is 22.7. The number of pyridine rings is 1. The van der Waals surface area contributed by atoms with Gasteiger partial charge in [0.25, 0.3) is 5.91 Å². The van der Waals surface area contributed by atoms with Crippen LogP contribution in [-0.2, 0) is 16.1 Å². The summed E-state index contributed by atoms with van der Waals surface area (Å²) < 4.78 is 5.29. The molecular weight excluding hydrogens is 504 g/mol. The van der Waals surface area contributed by atoms with Crippen molar-refractivity contribution < 1.29 is 19.1 Å². The zero-order chi connectivity index (χ0) is 28.3. The second-order valence-corrected chi connectivity index (χ2v) is 11.0. The molecule has 0 spiro atoms. The normalized spacial score (nSPS) is 16.2. The van der Waals surface area contributed by atoms with Gasteiger partial charge in [0, 0.05) is 47.2 Å². The Kier molecular flexibility index (Phi) is 7.51. The summed E-state index contributed by atoms with van der Waals surface area (Å²) in [5.74, 6) is -0.233. The number of carbonyl (C=O) groups is 3. The molecule has 1 aliphatic rings. The number of fused-ring (bicyclic) bond motifs is 1. The lowest BCUT2D eigenvalue weighted by Crippen LogP contribution is -2.32. The molecule has 1 saturated carbocycles. The van der Waals surface area contributed by atoms with Gasteiger partial charge in [0.05, 0.1) is 0 Å². The summed E-state index contributed by atoms with van der Waals surface area (Å²) >= 11 is 0. The molecule has 0 saturated heterocycles. The number of anilines is 2. The number of alkyl carbamates (subject to hydrolysis) is 1. The van der Waals surface area contributed by atoms with Gasteiger partial charge < -0.3 is 20.7 Å². The van der Waals surface area contributed by atoms with E-state index in [0.29, 0.717) is 11.3 Å². The Morgan fingerprint density at radius 3 is 2.48 bits per heavy atom. The van der Waals surface area contributed by atoms with Crippen LogP contribution in [0.1, 0.15) is 54.6 Å². The average Bonchev–Trinajstić information content (AvgIpc) is 3.73. The van der Waals surface area contributed by atoms with Gasteiger partial charge in [-0.15, -0.1) is 0 Å². The topological polar surface area (TPSA) is 109 Å². The van der Waals surface area contributed by atoms with E-state index in [4.69, 9.17) is 4.74 Å². The highest BCUT2D eigenvalue weighted by atomic mass is 16.6. The average molecular weight is 537 g/mol. The van der Waals surface area contributed by atoms with E-state index < -0.39 is 11.7 Å². The minimum Gasteiger partial charge on any atom is -0.444 e. The Bertz CT molecular complexity index is 1560. The maximum Gasteiger partial charge on any atom is 0.407 e. The van der Waals surface area contributed by atoms with Gasteiger partial charge in [0.1, 0.15) is 5.60 Å². The van der Waals surface area contributed by atoms with Gasteiger partial charge >= 0.3 is 6.09 Å². The molecule has 0 aliphatic heterocycles. The van der Waals surface area contributed by atoms with Crippen molar-refractivity contribution in [1.29, 1.82) is 0 Å². The number of amides is 3. The zero-order valence-electron chi connectivity index (χ0n) is 22.7. The predicted molar refractivity (Wildman–Crippen MR) is 155 cm³/mol. The summed E-state index contributed by atoms with van der Waals surface area (Å²) in [4.78, 5) is 42.0. The van der Waals surface area contributed by atoms with Crippen molar-refractivity contribution in [2.45, 2.75) is 45.3 Å². The SMILES string of the molecule is CC(C)(C)OC(=O)NCc1ccccc1NC(=O)c1ccc([C@@H]2C[C@H]2C(=O)Nc2ccc3cnccc3c2)cc1. The Morgan fingerprint density at radius 1 is 0.925 bits per heavy atom. The number of rotatable bonds is 7. The smallest absolute Gasteiger partial charge is 0.407 e. The van der Waals surface area contributed by atoms with E-state index in [0.717, 1.165) is 34.0 Å². The largest absolute Gasteiger partial charge is 0.444 e. The van der Waals surface area contributed by atoms with Gasteiger partial charge in [-0.05, 0) is 86.0 Å². The summed E-state index contributed by atoms with van der Waals surface area (Å²) in [6.45, 7) is 5.61. The van der Waals surface area contributed by atoms with E-state index in [1.54, 1.807) is 51.4 Å². The molecule has 4 aromatic rings. The van der Waals surface area contributed by atoms with Crippen molar-refractivity contribution in [3.8, 4) is 0 Å². The van der Waals surface area contributed by atoms with Crippen LogP contribution in [-0.4, -0.2) is 28.5 Å². The van der Waals surface area contributed by atoms with Crippen molar-refractivity contribution in [2.24, 2.45) is 5.92 Å². The Morgan fingerprint density at radius 2 is 1.70 bits per heavy atom. The second kappa shape index (κ2) is 11.2. The van der Waals surface area contributed by atoms with Crippen LogP contribution in [0.4, 0.5) is 16.2 Å². The van der Waals surface area contributed by atoms with Crippen LogP contribution in [0.2, 0.25) is 0 Å². The Balaban J connectivity index is 1.16. The van der Waals surface area contributed by atoms with Crippen LogP contribution in [0.5, 0.6) is 0 Å². The predicted octanol–water partition coefficient (Wildman–Crippen LogP) is 6.25. The van der Waals surface area contributed by atoms with Gasteiger partial charge in [0.2, 0.25) is 5.91 Å². The Hall–Kier alpha value is -4.72. The molecule has 40 heavy (non-hydrogen) atoms. The number of nitrogens with one attached hydrogen (secondary N) is 3. The van der Waals surface area contributed by atoms with Crippen LogP contribution in [0.3, 0.4) is 0 Å². The van der Waals surface area contributed by atoms with Crippen molar-refractivity contribution in [3.05, 3.63) is 102 Å². The molecular formula is C32H32N4O4. The number of hydrogen-bond donors (Lipinski definition) is 3. The van der Waals surface area contributed by atoms with Gasteiger partial charge in [-0.2, -0.15) is 0 Å². The number of carbonyl (C=O) groups excluding carboxylic acids is 3. The monoisotopic (exact) mass is 536 g/mol. The summed E-state index contributed by atoms with van der Waals surface area (Å²) in [6, 6.07) is 22.4. The number of benzene rings is 3. The van der Waals surface area contributed by atoms with E-state index in [1.165, 1.54) is 0 Å². The maximum absolute atomic E-state index is 13.0. The van der Waals surface area contributed by atoms with E-state index in [1.807, 2.05) is 54.6 Å². The first-order chi connectivity index (χ1) is 19.2. The van der Waals surface area contributed by atoms with Crippen LogP contribution in [0.25, 0.3) is 10.8 Å². The first-order valence-electron chi connectivity index (χ1n) is 13.3. The highest BCUT2D eigenvalue weighted by Gasteiger charge is 2.44. The van der Waals surface area contributed by atoms with Gasteiger partial charge in [-0.25, -0.2) is 4.79 Å². The van der Waals surface area contributed by atoms with E-state index in [-0.39, 0.29) is 30.2 Å². The van der Waals surface area contributed by atoms with Crippen LogP contribution in [0.15, 0.2) is 85.2 Å². The first kappa shape index (κ1) is 26.9. The number of hydrogen-bond acceptors (Lipinski definition) is 5. The van der Waals surface area contributed by atoms with E-state index in [2.05, 4.69) is 20.9 Å². The third kappa shape index (κ3) is 6.64. The van der Waals surface area contributed by atoms with Crippen LogP contribution >= 0.6 is 0 Å². The van der Waals surface area contributed by atoms with Crippen LogP contribution in [0, 0.1) is 5.92 Å². The lowest BCUT2D eigenvalue weighted by Gasteiger charge is -2.20. The van der Waals surface area contributed by atoms with Crippen molar-refractivity contribution in [3.63, 3.8) is 0 Å². The molecule has 1 aliphatic carbocycles. The molecule has 5 rings (SSSR count). The third-order valence-corrected chi connectivity index (χ3v) is 6.72. The van der Waals surface area contributed by atoms with Gasteiger partial charge in [-0.3, -0.25) is 14.6 Å². The second-order valence-electron chi connectivity index (χ2n) is 11.0. The number of aromatic nitrogens is 1. The molecule has 1 heterocycles. The fourth-order valence-corrected chi connectivity index (χ4v) is 4.60. The summed E-state index contributed by atoms with van der Waals surface area (Å²) in [6.07, 6.45) is 3.78. The summed E-state index contributed by atoms with van der Waals surface area (Å²) in [5, 5.41) is 10.7. The van der Waals surface area contributed by atoms with E-state index in [9.17, 15) is 14.4 Å². The molecule has 8 heteroatoms. The standard InChI is InChI=1S/C32H32N4O4/c1-32(2,3)40-31(39)34-19-24-6-4-5-7-28(24)36-29(37)21-10-8-20(9-11-21)26-17-27(26)30(38)35-25-13-12-23-18-33-15-14-22(23)16-25/h4-16,18,26-27H,17,19H2,1-3H3,(H,34,39)(H,35,38)(H,36,37)/t26-,27+/m0/s1. The van der Waals surface area contributed by atoms with Gasteiger partial charge in [-0.1, -0.05) is 36.4 Å². The fourth-order valence-electron chi connectivity index (χ4n) is 4.60. The molecule has 3 aromatic carbocycles. The molecule has 204 valence electrons. The van der Waals surface area contributed by atoms with Crippen molar-refractivity contribution in [2.75, 3.05) is 10.6 Å². The quantitative estimate of drug-likeness (QED) is 0.259. The Labute approximate surface area is 233 Å². The van der Waals surface area contributed by atoms with Crippen LogP contribution < -0.4 is 16.0 Å². The molecule has 0 unspecified atom stereocenters. The molecule has 0 bridgehead atoms. The van der Waals surface area contributed by atoms with Crippen molar-refractivity contribution in [1.82, 2.24) is 10.3 Å². The van der Waals surface area contributed by atoms with Gasteiger partial charge in [0.15, 0.2) is 0 Å². The van der Waals surface area contributed by atoms with Crippen molar-refractivity contribution >= 4 is 40.1 Å². The number of nitrogens with zero attached hydrogens (tertiary/aromatic N) is 1. The molecule has 1 aromatic heterocycles. The molecule has 1 fully saturated rings. The molecule has 3 N–H and O–H groups in total.